The summed E-state index contributed by atoms with van der Waals surface area (Å²) >= 11 is 0. The maximum atomic E-state index is 6.51. The zero-order chi connectivity index (χ0) is 35.5. The van der Waals surface area contributed by atoms with E-state index in [-0.39, 0.29) is 0 Å². The van der Waals surface area contributed by atoms with Gasteiger partial charge in [-0.1, -0.05) is 146 Å². The van der Waals surface area contributed by atoms with Crippen LogP contribution in [-0.4, -0.2) is 30.6 Å². The molecule has 0 fully saturated rings. The summed E-state index contributed by atoms with van der Waals surface area (Å²) in [5, 5.41) is 0.589. The average Bonchev–Trinajstić information content (AvgIpc) is 3.60. The minimum atomic E-state index is -1.46. The summed E-state index contributed by atoms with van der Waals surface area (Å²) in [7, 11) is 13.0. The standard InChI is InChI=1S/C46H27B2N3O2/c47-46(48)38-21-11-18-32(41(38)36-17-7-9-23-40(36)53-46)29-24-26-30(27-25-29)43-49-44(35-16-5-4-14-31(35)28-12-2-1-3-13-28)51-45(50-43)37-20-10-19-34-33-15-6-8-22-39(33)52-42(34)37/h1-27H. The smallest absolute Gasteiger partial charge is 0.167 e. The van der Waals surface area contributed by atoms with Crippen LogP contribution in [0.4, 0.5) is 0 Å². The molecule has 1 aliphatic rings. The number of aromatic nitrogens is 3. The van der Waals surface area contributed by atoms with Crippen LogP contribution >= 0.6 is 0 Å². The van der Waals surface area contributed by atoms with E-state index in [0.29, 0.717) is 23.2 Å². The molecule has 0 atom stereocenters. The first-order valence-electron chi connectivity index (χ1n) is 17.4. The van der Waals surface area contributed by atoms with Crippen LogP contribution in [0.15, 0.2) is 168 Å². The van der Waals surface area contributed by atoms with Crippen LogP contribution in [0, 0.1) is 0 Å². The highest BCUT2D eigenvalue weighted by molar-refractivity contribution is 6.40. The highest BCUT2D eigenvalue weighted by Crippen LogP contribution is 2.47. The molecule has 1 aliphatic heterocycles. The topological polar surface area (TPSA) is 61.0 Å². The Balaban J connectivity index is 1.15. The van der Waals surface area contributed by atoms with E-state index < -0.39 is 5.40 Å². The molecule has 0 amide bonds. The van der Waals surface area contributed by atoms with Crippen molar-refractivity contribution in [3.8, 4) is 73.3 Å². The van der Waals surface area contributed by atoms with Gasteiger partial charge in [-0.05, 0) is 51.6 Å². The van der Waals surface area contributed by atoms with Crippen LogP contribution in [0.3, 0.4) is 0 Å². The van der Waals surface area contributed by atoms with Crippen molar-refractivity contribution < 1.29 is 9.15 Å². The Morgan fingerprint density at radius 2 is 0.981 bits per heavy atom. The summed E-state index contributed by atoms with van der Waals surface area (Å²) in [5.41, 5.74) is 10.8. The summed E-state index contributed by atoms with van der Waals surface area (Å²) in [6, 6.07) is 54.7. The molecular weight excluding hydrogens is 648 g/mol. The zero-order valence-electron chi connectivity index (χ0n) is 28.4. The molecule has 10 rings (SSSR count). The number of ether oxygens (including phenoxy) is 1. The summed E-state index contributed by atoms with van der Waals surface area (Å²) < 4.78 is 12.5. The second kappa shape index (κ2) is 12.2. The summed E-state index contributed by atoms with van der Waals surface area (Å²) in [5.74, 6) is 2.29. The van der Waals surface area contributed by atoms with Gasteiger partial charge in [-0.15, -0.1) is 0 Å². The lowest BCUT2D eigenvalue weighted by molar-refractivity contribution is 0.241. The third-order valence-corrected chi connectivity index (χ3v) is 9.91. The van der Waals surface area contributed by atoms with Crippen molar-refractivity contribution in [2.45, 2.75) is 5.40 Å². The fourth-order valence-electron chi connectivity index (χ4n) is 7.42. The van der Waals surface area contributed by atoms with Crippen molar-refractivity contribution in [3.05, 3.63) is 169 Å². The molecule has 3 heterocycles. The van der Waals surface area contributed by atoms with E-state index >= 15 is 0 Å². The highest BCUT2D eigenvalue weighted by Gasteiger charge is 2.33. The number of hydrogen-bond donors (Lipinski definition) is 0. The Morgan fingerprint density at radius 1 is 0.415 bits per heavy atom. The molecule has 0 aliphatic carbocycles. The van der Waals surface area contributed by atoms with Gasteiger partial charge in [0.05, 0.1) is 11.0 Å². The lowest BCUT2D eigenvalue weighted by Gasteiger charge is -2.37. The van der Waals surface area contributed by atoms with Crippen LogP contribution in [0.1, 0.15) is 5.56 Å². The van der Waals surface area contributed by atoms with E-state index in [1.807, 2.05) is 109 Å². The van der Waals surface area contributed by atoms with E-state index in [1.54, 1.807) is 0 Å². The van der Waals surface area contributed by atoms with Crippen LogP contribution in [0.2, 0.25) is 0 Å². The number of para-hydroxylation sites is 3. The first-order chi connectivity index (χ1) is 26.0. The Hall–Kier alpha value is -6.72. The first kappa shape index (κ1) is 31.1. The lowest BCUT2D eigenvalue weighted by Crippen LogP contribution is -2.37. The summed E-state index contributed by atoms with van der Waals surface area (Å²) in [6.07, 6.45) is 0. The van der Waals surface area contributed by atoms with Gasteiger partial charge in [0.25, 0.3) is 0 Å². The fourth-order valence-corrected chi connectivity index (χ4v) is 7.42. The molecule has 0 spiro atoms. The summed E-state index contributed by atoms with van der Waals surface area (Å²) in [6.45, 7) is 0. The molecule has 0 saturated heterocycles. The molecule has 7 aromatic carbocycles. The molecule has 0 N–H and O–H groups in total. The van der Waals surface area contributed by atoms with E-state index in [0.717, 1.165) is 77.6 Å². The molecule has 9 aromatic rings. The van der Waals surface area contributed by atoms with Crippen molar-refractivity contribution in [3.63, 3.8) is 0 Å². The second-order valence-electron chi connectivity index (χ2n) is 13.2. The maximum absolute atomic E-state index is 6.51. The predicted molar refractivity (Wildman–Crippen MR) is 214 cm³/mol. The Kier molecular flexibility index (Phi) is 7.15. The van der Waals surface area contributed by atoms with Gasteiger partial charge in [0.2, 0.25) is 0 Å². The normalized spacial score (nSPS) is 13.0. The van der Waals surface area contributed by atoms with E-state index in [2.05, 4.69) is 54.6 Å². The van der Waals surface area contributed by atoms with Gasteiger partial charge in [0.1, 0.15) is 32.6 Å². The lowest BCUT2D eigenvalue weighted by atomic mass is 9.58. The molecule has 7 heteroatoms. The predicted octanol–water partition coefficient (Wildman–Crippen LogP) is 10.6. The third-order valence-electron chi connectivity index (χ3n) is 9.91. The largest absolute Gasteiger partial charge is 0.502 e. The van der Waals surface area contributed by atoms with Gasteiger partial charge >= 0.3 is 0 Å². The fraction of sp³-hybridized carbons (Fsp3) is 0.0217. The van der Waals surface area contributed by atoms with Crippen LogP contribution in [0.25, 0.3) is 89.5 Å². The number of benzene rings is 7. The second-order valence-corrected chi connectivity index (χ2v) is 13.2. The molecule has 244 valence electrons. The Labute approximate surface area is 308 Å². The third kappa shape index (κ3) is 5.24. The Bertz CT molecular complexity index is 2850. The number of nitrogens with zero attached hydrogens (tertiary/aromatic N) is 3. The van der Waals surface area contributed by atoms with Crippen LogP contribution in [-0.2, 0) is 5.40 Å². The van der Waals surface area contributed by atoms with E-state index in [4.69, 9.17) is 39.8 Å². The van der Waals surface area contributed by atoms with Gasteiger partial charge in [-0.2, -0.15) is 0 Å². The quantitative estimate of drug-likeness (QED) is 0.170. The molecule has 0 unspecified atom stereocenters. The van der Waals surface area contributed by atoms with Gasteiger partial charge in [-0.3, -0.25) is 0 Å². The average molecular weight is 675 g/mol. The van der Waals surface area contributed by atoms with Crippen LogP contribution < -0.4 is 4.74 Å². The minimum Gasteiger partial charge on any atom is -0.502 e. The monoisotopic (exact) mass is 675 g/mol. The molecule has 2 aromatic heterocycles. The van der Waals surface area contributed by atoms with Gasteiger partial charge < -0.3 is 9.15 Å². The molecule has 0 saturated carbocycles. The van der Waals surface area contributed by atoms with E-state index in [9.17, 15) is 0 Å². The zero-order valence-corrected chi connectivity index (χ0v) is 28.4. The van der Waals surface area contributed by atoms with Crippen LogP contribution in [0.5, 0.6) is 5.75 Å². The molecule has 53 heavy (non-hydrogen) atoms. The van der Waals surface area contributed by atoms with Crippen molar-refractivity contribution in [1.82, 2.24) is 15.0 Å². The number of fused-ring (bicyclic) bond motifs is 6. The van der Waals surface area contributed by atoms with Gasteiger partial charge in [-0.25, -0.2) is 15.0 Å². The molecule has 0 bridgehead atoms. The number of hydrogen-bond acceptors (Lipinski definition) is 5. The summed E-state index contributed by atoms with van der Waals surface area (Å²) in [4.78, 5) is 15.4. The van der Waals surface area contributed by atoms with Gasteiger partial charge in [0.15, 0.2) is 17.5 Å². The molecule has 4 radical (unpaired) electrons. The van der Waals surface area contributed by atoms with E-state index in [1.165, 1.54) is 0 Å². The number of rotatable bonds is 5. The van der Waals surface area contributed by atoms with Crippen molar-refractivity contribution in [1.29, 1.82) is 0 Å². The highest BCUT2D eigenvalue weighted by atomic mass is 16.5. The first-order valence-corrected chi connectivity index (χ1v) is 17.4. The minimum absolute atomic E-state index is 0.526. The van der Waals surface area contributed by atoms with Gasteiger partial charge in [0, 0.05) is 27.5 Å². The van der Waals surface area contributed by atoms with Crippen molar-refractivity contribution in [2.75, 3.05) is 0 Å². The SMILES string of the molecule is [B]C1([B])Oc2ccccc2-c2c(-c3ccc(-c4nc(-c5ccccc5-c5ccccc5)nc(-c5cccc6c5oc5ccccc56)n4)cc3)cccc21. The van der Waals surface area contributed by atoms with Crippen molar-refractivity contribution >= 4 is 37.6 Å². The number of furan rings is 1. The molecule has 5 nitrogen and oxygen atoms in total. The molecular formula is C46H27B2N3O2. The Morgan fingerprint density at radius 3 is 1.81 bits per heavy atom. The van der Waals surface area contributed by atoms with Crippen molar-refractivity contribution in [2.24, 2.45) is 0 Å². The maximum Gasteiger partial charge on any atom is 0.167 e.